The molecule has 1 aliphatic rings. The summed E-state index contributed by atoms with van der Waals surface area (Å²) < 4.78 is 3.70. The van der Waals surface area contributed by atoms with Crippen LogP contribution < -0.4 is 5.32 Å². The van der Waals surface area contributed by atoms with Crippen LogP contribution in [0.4, 0.5) is 0 Å². The second-order valence-corrected chi connectivity index (χ2v) is 8.09. The van der Waals surface area contributed by atoms with Crippen molar-refractivity contribution in [2.45, 2.75) is 32.0 Å². The molecule has 0 aliphatic heterocycles. The third-order valence-corrected chi connectivity index (χ3v) is 5.78. The minimum atomic E-state index is -0.206. The molecule has 0 saturated heterocycles. The number of nitrogens with zero attached hydrogens (tertiary/aromatic N) is 3. The SMILES string of the molecule is O=C(Cn1cc(C(=O)C2CC2)c2ccccc21)N[C@H](Cn1cccn1)c1ccccc1. The van der Waals surface area contributed by atoms with E-state index in [1.807, 2.05) is 82.3 Å². The Bertz CT molecular complexity index is 1210. The van der Waals surface area contributed by atoms with E-state index in [-0.39, 0.29) is 30.2 Å². The quantitative estimate of drug-likeness (QED) is 0.445. The van der Waals surface area contributed by atoms with Crippen molar-refractivity contribution in [1.82, 2.24) is 19.7 Å². The number of benzene rings is 2. The molecule has 156 valence electrons. The van der Waals surface area contributed by atoms with Gasteiger partial charge in [0.25, 0.3) is 0 Å². The molecular weight excluding hydrogens is 388 g/mol. The number of carbonyl (C=O) groups excluding carboxylic acids is 2. The average molecular weight is 412 g/mol. The number of hydrogen-bond donors (Lipinski definition) is 1. The molecule has 0 radical (unpaired) electrons. The van der Waals surface area contributed by atoms with E-state index in [0.717, 1.165) is 34.9 Å². The van der Waals surface area contributed by atoms with E-state index < -0.39 is 0 Å². The fourth-order valence-electron chi connectivity index (χ4n) is 4.05. The first kappa shape index (κ1) is 19.3. The minimum Gasteiger partial charge on any atom is -0.346 e. The summed E-state index contributed by atoms with van der Waals surface area (Å²) in [6.07, 6.45) is 7.39. The number of ketones is 1. The van der Waals surface area contributed by atoms with E-state index in [1.54, 1.807) is 6.20 Å². The van der Waals surface area contributed by atoms with Crippen molar-refractivity contribution in [2.75, 3.05) is 0 Å². The molecule has 2 aromatic carbocycles. The third-order valence-electron chi connectivity index (χ3n) is 5.78. The van der Waals surface area contributed by atoms with Gasteiger partial charge in [0.15, 0.2) is 5.78 Å². The van der Waals surface area contributed by atoms with Gasteiger partial charge in [-0.05, 0) is 30.5 Å². The maximum atomic E-state index is 13.0. The molecule has 1 amide bonds. The Labute approximate surface area is 180 Å². The van der Waals surface area contributed by atoms with Crippen LogP contribution in [0.2, 0.25) is 0 Å². The second kappa shape index (κ2) is 8.22. The zero-order valence-corrected chi connectivity index (χ0v) is 17.1. The lowest BCUT2D eigenvalue weighted by atomic mass is 10.1. The van der Waals surface area contributed by atoms with Gasteiger partial charge in [-0.15, -0.1) is 0 Å². The van der Waals surface area contributed by atoms with Crippen LogP contribution >= 0.6 is 0 Å². The van der Waals surface area contributed by atoms with E-state index in [0.29, 0.717) is 6.54 Å². The van der Waals surface area contributed by atoms with Crippen LogP contribution in [-0.2, 0) is 17.9 Å². The standard InChI is InChI=1S/C25H24N4O2/c30-24(27-22(16-29-14-6-13-26-29)18-7-2-1-3-8-18)17-28-15-21(25(31)19-11-12-19)20-9-4-5-10-23(20)28/h1-10,13-15,19,22H,11-12,16-17H2,(H,27,30)/t22-/m1/s1. The van der Waals surface area contributed by atoms with Crippen LogP contribution in [0.1, 0.15) is 34.8 Å². The Hall–Kier alpha value is -3.67. The Morgan fingerprint density at radius 2 is 1.81 bits per heavy atom. The molecule has 31 heavy (non-hydrogen) atoms. The zero-order chi connectivity index (χ0) is 21.2. The lowest BCUT2D eigenvalue weighted by Gasteiger charge is -2.20. The number of hydrogen-bond acceptors (Lipinski definition) is 3. The number of nitrogens with one attached hydrogen (secondary N) is 1. The summed E-state index contributed by atoms with van der Waals surface area (Å²) in [5, 5.41) is 8.35. The molecule has 5 rings (SSSR count). The molecule has 1 aliphatic carbocycles. The summed E-state index contributed by atoms with van der Waals surface area (Å²) in [4.78, 5) is 25.8. The molecule has 4 aromatic rings. The molecule has 6 heteroatoms. The van der Waals surface area contributed by atoms with E-state index in [4.69, 9.17) is 0 Å². The van der Waals surface area contributed by atoms with Gasteiger partial charge in [-0.1, -0.05) is 48.5 Å². The lowest BCUT2D eigenvalue weighted by Crippen LogP contribution is -2.34. The van der Waals surface area contributed by atoms with E-state index in [2.05, 4.69) is 10.4 Å². The Kier molecular flexibility index (Phi) is 5.12. The first-order chi connectivity index (χ1) is 15.2. The molecule has 0 bridgehead atoms. The molecule has 6 nitrogen and oxygen atoms in total. The summed E-state index contributed by atoms with van der Waals surface area (Å²) in [6.45, 7) is 0.696. The number of amides is 1. The smallest absolute Gasteiger partial charge is 0.240 e. The first-order valence-corrected chi connectivity index (χ1v) is 10.6. The fourth-order valence-corrected chi connectivity index (χ4v) is 4.05. The van der Waals surface area contributed by atoms with Gasteiger partial charge in [0, 0.05) is 41.0 Å². The summed E-state index contributed by atoms with van der Waals surface area (Å²) in [5.74, 6) is 0.230. The minimum absolute atomic E-state index is 0.104. The van der Waals surface area contributed by atoms with Crippen LogP contribution in [0, 0.1) is 5.92 Å². The highest BCUT2D eigenvalue weighted by Crippen LogP contribution is 2.35. The average Bonchev–Trinajstić information content (AvgIpc) is 3.41. The maximum absolute atomic E-state index is 13.0. The van der Waals surface area contributed by atoms with Gasteiger partial charge in [-0.2, -0.15) is 5.10 Å². The van der Waals surface area contributed by atoms with E-state index >= 15 is 0 Å². The monoisotopic (exact) mass is 412 g/mol. The van der Waals surface area contributed by atoms with Crippen molar-refractivity contribution in [3.63, 3.8) is 0 Å². The van der Waals surface area contributed by atoms with Gasteiger partial charge in [0.05, 0.1) is 12.6 Å². The van der Waals surface area contributed by atoms with E-state index in [9.17, 15) is 9.59 Å². The Morgan fingerprint density at radius 3 is 2.55 bits per heavy atom. The topological polar surface area (TPSA) is 68.9 Å². The predicted octanol–water partition coefficient (Wildman–Crippen LogP) is 3.99. The second-order valence-electron chi connectivity index (χ2n) is 8.09. The zero-order valence-electron chi connectivity index (χ0n) is 17.1. The highest BCUT2D eigenvalue weighted by Gasteiger charge is 2.32. The van der Waals surface area contributed by atoms with Crippen molar-refractivity contribution < 1.29 is 9.59 Å². The van der Waals surface area contributed by atoms with Gasteiger partial charge < -0.3 is 9.88 Å². The van der Waals surface area contributed by atoms with Gasteiger partial charge in [0.1, 0.15) is 6.54 Å². The van der Waals surface area contributed by atoms with Crippen LogP contribution in [0.25, 0.3) is 10.9 Å². The lowest BCUT2D eigenvalue weighted by molar-refractivity contribution is -0.122. The number of fused-ring (bicyclic) bond motifs is 1. The van der Waals surface area contributed by atoms with E-state index in [1.165, 1.54) is 0 Å². The van der Waals surface area contributed by atoms with Crippen LogP contribution in [0.3, 0.4) is 0 Å². The molecule has 2 aromatic heterocycles. The summed E-state index contributed by atoms with van der Waals surface area (Å²) >= 11 is 0. The number of aromatic nitrogens is 3. The van der Waals surface area contributed by atoms with Crippen molar-refractivity contribution in [2.24, 2.45) is 5.92 Å². The molecule has 0 spiro atoms. The summed E-state index contributed by atoms with van der Waals surface area (Å²) in [6, 6.07) is 19.4. The van der Waals surface area contributed by atoms with Crippen LogP contribution in [0.5, 0.6) is 0 Å². The molecule has 1 N–H and O–H groups in total. The van der Waals surface area contributed by atoms with Crippen molar-refractivity contribution in [1.29, 1.82) is 0 Å². The summed E-state index contributed by atoms with van der Waals surface area (Å²) in [5.41, 5.74) is 2.65. The highest BCUT2D eigenvalue weighted by molar-refractivity contribution is 6.10. The van der Waals surface area contributed by atoms with Crippen molar-refractivity contribution in [3.05, 3.63) is 90.4 Å². The molecule has 0 unspecified atom stereocenters. The van der Waals surface area contributed by atoms with Crippen molar-refractivity contribution in [3.8, 4) is 0 Å². The highest BCUT2D eigenvalue weighted by atomic mass is 16.2. The number of para-hydroxylation sites is 1. The molecule has 1 saturated carbocycles. The molecule has 2 heterocycles. The third kappa shape index (κ3) is 4.14. The Morgan fingerprint density at radius 1 is 1.03 bits per heavy atom. The molecule has 1 atom stereocenters. The number of carbonyl (C=O) groups is 2. The van der Waals surface area contributed by atoms with Gasteiger partial charge in [0.2, 0.25) is 5.91 Å². The first-order valence-electron chi connectivity index (χ1n) is 10.6. The fraction of sp³-hybridized carbons (Fsp3) is 0.240. The summed E-state index contributed by atoms with van der Waals surface area (Å²) in [7, 11) is 0. The van der Waals surface area contributed by atoms with Crippen molar-refractivity contribution >= 4 is 22.6 Å². The predicted molar refractivity (Wildman–Crippen MR) is 119 cm³/mol. The number of rotatable bonds is 8. The normalized spacial score (nSPS) is 14.5. The molecule has 1 fully saturated rings. The largest absolute Gasteiger partial charge is 0.346 e. The van der Waals surface area contributed by atoms with Crippen LogP contribution in [0.15, 0.2) is 79.3 Å². The van der Waals surface area contributed by atoms with Crippen LogP contribution in [-0.4, -0.2) is 26.0 Å². The Balaban J connectivity index is 1.38. The maximum Gasteiger partial charge on any atom is 0.240 e. The molecular formula is C25H24N4O2. The van der Waals surface area contributed by atoms with Gasteiger partial charge >= 0.3 is 0 Å². The van der Waals surface area contributed by atoms with Gasteiger partial charge in [-0.25, -0.2) is 0 Å². The van der Waals surface area contributed by atoms with Gasteiger partial charge in [-0.3, -0.25) is 14.3 Å². The number of Topliss-reactive ketones (excluding diaryl/α,β-unsaturated/α-hetero) is 1.